The summed E-state index contributed by atoms with van der Waals surface area (Å²) in [6, 6.07) is 1.87. The molecule has 0 bridgehead atoms. The number of carbonyl (C=O) groups excluding carboxylic acids is 2. The first kappa shape index (κ1) is 15.5. The summed E-state index contributed by atoms with van der Waals surface area (Å²) >= 11 is 7.07. The van der Waals surface area contributed by atoms with Crippen molar-refractivity contribution < 1.29 is 22.8 Å². The van der Waals surface area contributed by atoms with Gasteiger partial charge in [-0.1, -0.05) is 11.6 Å². The van der Waals surface area contributed by atoms with Gasteiger partial charge in [0.1, 0.15) is 6.04 Å². The lowest BCUT2D eigenvalue weighted by Gasteiger charge is -2.25. The standard InChI is InChI=1S/C13H10ClF3N2O2S/c14-9-2-1-7(5-8(9)13(15,16)17)19-11(20)10-3-4-22-6-18(10)12(19)21/h1-2,5,10H,3-4,6H2. The number of carbonyl (C=O) groups is 2. The molecule has 3 amide bonds. The zero-order valence-electron chi connectivity index (χ0n) is 11.1. The molecule has 3 rings (SSSR count). The highest BCUT2D eigenvalue weighted by atomic mass is 35.5. The number of halogens is 4. The quantitative estimate of drug-likeness (QED) is 0.727. The second-order valence-corrected chi connectivity index (χ2v) is 6.41. The van der Waals surface area contributed by atoms with Gasteiger partial charge in [-0.25, -0.2) is 9.69 Å². The van der Waals surface area contributed by atoms with Gasteiger partial charge in [0.2, 0.25) is 0 Å². The second kappa shape index (κ2) is 5.34. The molecule has 2 fully saturated rings. The van der Waals surface area contributed by atoms with Crippen molar-refractivity contribution >= 4 is 41.0 Å². The number of hydrogen-bond donors (Lipinski definition) is 0. The summed E-state index contributed by atoms with van der Waals surface area (Å²) in [7, 11) is 0. The monoisotopic (exact) mass is 350 g/mol. The molecule has 1 atom stereocenters. The molecule has 2 heterocycles. The van der Waals surface area contributed by atoms with Crippen LogP contribution in [-0.2, 0) is 11.0 Å². The largest absolute Gasteiger partial charge is 0.417 e. The molecule has 2 saturated heterocycles. The number of hydrogen-bond acceptors (Lipinski definition) is 3. The molecule has 118 valence electrons. The van der Waals surface area contributed by atoms with Gasteiger partial charge < -0.3 is 4.90 Å². The Morgan fingerprint density at radius 3 is 2.64 bits per heavy atom. The third-order valence-electron chi connectivity index (χ3n) is 3.60. The maximum atomic E-state index is 12.9. The van der Waals surface area contributed by atoms with E-state index >= 15 is 0 Å². The van der Waals surface area contributed by atoms with E-state index in [4.69, 9.17) is 11.6 Å². The Bertz CT molecular complexity index is 629. The van der Waals surface area contributed by atoms with Crippen LogP contribution in [0.2, 0.25) is 5.02 Å². The number of rotatable bonds is 1. The van der Waals surface area contributed by atoms with Crippen LogP contribution in [0.1, 0.15) is 12.0 Å². The molecular weight excluding hydrogens is 341 g/mol. The molecule has 1 unspecified atom stereocenters. The van der Waals surface area contributed by atoms with Gasteiger partial charge in [0.15, 0.2) is 0 Å². The van der Waals surface area contributed by atoms with Crippen LogP contribution in [0, 0.1) is 0 Å². The van der Waals surface area contributed by atoms with Crippen molar-refractivity contribution in [2.75, 3.05) is 16.5 Å². The molecule has 2 aliphatic rings. The van der Waals surface area contributed by atoms with Crippen LogP contribution >= 0.6 is 23.4 Å². The minimum Gasteiger partial charge on any atom is -0.303 e. The number of anilines is 1. The Morgan fingerprint density at radius 2 is 2.00 bits per heavy atom. The minimum atomic E-state index is -4.65. The summed E-state index contributed by atoms with van der Waals surface area (Å²) in [6.45, 7) is 0. The smallest absolute Gasteiger partial charge is 0.303 e. The van der Waals surface area contributed by atoms with Crippen molar-refractivity contribution in [1.82, 2.24) is 4.90 Å². The summed E-state index contributed by atoms with van der Waals surface area (Å²) in [4.78, 5) is 26.8. The van der Waals surface area contributed by atoms with E-state index in [-0.39, 0.29) is 5.69 Å². The number of thioether (sulfide) groups is 1. The van der Waals surface area contributed by atoms with Gasteiger partial charge in [-0.3, -0.25) is 4.79 Å². The first-order chi connectivity index (χ1) is 10.3. The van der Waals surface area contributed by atoms with Crippen LogP contribution in [0.3, 0.4) is 0 Å². The molecular formula is C13H10ClF3N2O2S. The molecule has 9 heteroatoms. The van der Waals surface area contributed by atoms with E-state index in [2.05, 4.69) is 0 Å². The average molecular weight is 351 g/mol. The number of imide groups is 1. The zero-order valence-corrected chi connectivity index (χ0v) is 12.6. The molecule has 1 aromatic rings. The van der Waals surface area contributed by atoms with E-state index in [9.17, 15) is 22.8 Å². The maximum Gasteiger partial charge on any atom is 0.417 e. The van der Waals surface area contributed by atoms with E-state index in [0.717, 1.165) is 22.8 Å². The lowest BCUT2D eigenvalue weighted by molar-refractivity contribution is -0.137. The van der Waals surface area contributed by atoms with Crippen molar-refractivity contribution in [2.45, 2.75) is 18.6 Å². The van der Waals surface area contributed by atoms with Gasteiger partial charge in [-0.15, -0.1) is 11.8 Å². The normalized spacial score (nSPS) is 22.3. The molecule has 0 radical (unpaired) electrons. The summed E-state index contributed by atoms with van der Waals surface area (Å²) in [5.41, 5.74) is -1.17. The Kier molecular flexibility index (Phi) is 3.76. The lowest BCUT2D eigenvalue weighted by atomic mass is 10.1. The molecule has 0 aromatic heterocycles. The first-order valence-corrected chi connectivity index (χ1v) is 7.93. The fraction of sp³-hybridized carbons (Fsp3) is 0.385. The van der Waals surface area contributed by atoms with Crippen LogP contribution in [0.25, 0.3) is 0 Å². The summed E-state index contributed by atoms with van der Waals surface area (Å²) in [5.74, 6) is 0.620. The Balaban J connectivity index is 2.01. The number of nitrogens with zero attached hydrogens (tertiary/aromatic N) is 2. The van der Waals surface area contributed by atoms with Crippen molar-refractivity contribution in [3.63, 3.8) is 0 Å². The van der Waals surface area contributed by atoms with Crippen LogP contribution in [0.5, 0.6) is 0 Å². The summed E-state index contributed by atoms with van der Waals surface area (Å²) in [6.07, 6.45) is -4.15. The lowest BCUT2D eigenvalue weighted by Crippen LogP contribution is -2.38. The van der Waals surface area contributed by atoms with Gasteiger partial charge in [0.25, 0.3) is 5.91 Å². The molecule has 0 aliphatic carbocycles. The summed E-state index contributed by atoms with van der Waals surface area (Å²) < 4.78 is 38.8. The molecule has 4 nitrogen and oxygen atoms in total. The number of fused-ring (bicyclic) bond motifs is 1. The minimum absolute atomic E-state index is 0.105. The number of benzene rings is 1. The SMILES string of the molecule is O=C1C2CCSCN2C(=O)N1c1ccc(Cl)c(C(F)(F)F)c1. The molecule has 22 heavy (non-hydrogen) atoms. The van der Waals surface area contributed by atoms with Gasteiger partial charge in [0, 0.05) is 0 Å². The molecule has 0 saturated carbocycles. The van der Waals surface area contributed by atoms with Crippen molar-refractivity contribution in [3.05, 3.63) is 28.8 Å². The average Bonchev–Trinajstić information content (AvgIpc) is 2.71. The Labute approximate surface area is 133 Å². The Hall–Kier alpha value is -1.41. The van der Waals surface area contributed by atoms with Crippen LogP contribution in [0.4, 0.5) is 23.7 Å². The van der Waals surface area contributed by atoms with E-state index in [0.29, 0.717) is 12.3 Å². The van der Waals surface area contributed by atoms with E-state index in [1.54, 1.807) is 0 Å². The third kappa shape index (κ3) is 2.44. The predicted octanol–water partition coefficient (Wildman–Crippen LogP) is 3.59. The van der Waals surface area contributed by atoms with Crippen molar-refractivity contribution in [1.29, 1.82) is 0 Å². The highest BCUT2D eigenvalue weighted by Crippen LogP contribution is 2.39. The molecule has 0 N–H and O–H groups in total. The highest BCUT2D eigenvalue weighted by molar-refractivity contribution is 7.99. The van der Waals surface area contributed by atoms with Crippen LogP contribution in [0.15, 0.2) is 18.2 Å². The van der Waals surface area contributed by atoms with Gasteiger partial charge >= 0.3 is 12.2 Å². The number of urea groups is 1. The van der Waals surface area contributed by atoms with Crippen molar-refractivity contribution in [3.8, 4) is 0 Å². The van der Waals surface area contributed by atoms with Crippen LogP contribution < -0.4 is 4.90 Å². The number of amides is 3. The molecule has 0 spiro atoms. The van der Waals surface area contributed by atoms with Gasteiger partial charge in [-0.05, 0) is 30.4 Å². The second-order valence-electron chi connectivity index (χ2n) is 4.93. The zero-order chi connectivity index (χ0) is 16.1. The molecule has 1 aromatic carbocycles. The topological polar surface area (TPSA) is 40.6 Å². The first-order valence-electron chi connectivity index (χ1n) is 6.40. The van der Waals surface area contributed by atoms with Gasteiger partial charge in [0.05, 0.1) is 22.2 Å². The van der Waals surface area contributed by atoms with E-state index in [1.807, 2.05) is 0 Å². The van der Waals surface area contributed by atoms with Gasteiger partial charge in [-0.2, -0.15) is 13.2 Å². The maximum absolute atomic E-state index is 12.9. The fourth-order valence-electron chi connectivity index (χ4n) is 2.53. The van der Waals surface area contributed by atoms with E-state index < -0.39 is 34.7 Å². The predicted molar refractivity (Wildman–Crippen MR) is 76.9 cm³/mol. The highest BCUT2D eigenvalue weighted by Gasteiger charge is 2.47. The third-order valence-corrected chi connectivity index (χ3v) is 4.91. The summed E-state index contributed by atoms with van der Waals surface area (Å²) in [5, 5.41) is -0.469. The van der Waals surface area contributed by atoms with E-state index in [1.165, 1.54) is 22.7 Å². The Morgan fingerprint density at radius 1 is 1.27 bits per heavy atom. The van der Waals surface area contributed by atoms with Crippen molar-refractivity contribution in [2.24, 2.45) is 0 Å². The van der Waals surface area contributed by atoms with Crippen LogP contribution in [-0.4, -0.2) is 34.5 Å². The number of alkyl halides is 3. The molecule has 2 aliphatic heterocycles. The fourth-order valence-corrected chi connectivity index (χ4v) is 3.76.